The van der Waals surface area contributed by atoms with Gasteiger partial charge in [-0.3, -0.25) is 9.59 Å². The van der Waals surface area contributed by atoms with Crippen LogP contribution in [-0.2, 0) is 9.59 Å². The summed E-state index contributed by atoms with van der Waals surface area (Å²) in [6.07, 6.45) is -0.113. The highest BCUT2D eigenvalue weighted by molar-refractivity contribution is 6.34. The third-order valence-corrected chi connectivity index (χ3v) is 1.93. The number of rotatable bonds is 3. The topological polar surface area (TPSA) is 92.4 Å². The second-order valence-corrected chi connectivity index (χ2v) is 4.29. The minimum absolute atomic E-state index is 0.225. The molecule has 5 heteroatoms. The Kier molecular flexibility index (Phi) is 4.56. The number of amides is 2. The molecule has 0 heterocycles. The lowest BCUT2D eigenvalue weighted by molar-refractivity contribution is -0.137. The highest BCUT2D eigenvalue weighted by atomic mass is 16.3. The molecule has 5 nitrogen and oxygen atoms in total. The van der Waals surface area contributed by atoms with Gasteiger partial charge < -0.3 is 16.2 Å². The highest BCUT2D eigenvalue weighted by Crippen LogP contribution is 2.20. The van der Waals surface area contributed by atoms with Crippen LogP contribution in [0.4, 0.5) is 0 Å². The smallest absolute Gasteiger partial charge is 0.309 e. The van der Waals surface area contributed by atoms with Gasteiger partial charge in [0.25, 0.3) is 0 Å². The van der Waals surface area contributed by atoms with Gasteiger partial charge in [0.1, 0.15) is 0 Å². The summed E-state index contributed by atoms with van der Waals surface area (Å²) in [5.74, 6) is -1.82. The van der Waals surface area contributed by atoms with Crippen molar-refractivity contribution in [3.63, 3.8) is 0 Å². The molecule has 4 N–H and O–H groups in total. The molecule has 0 aromatic rings. The first-order valence-corrected chi connectivity index (χ1v) is 4.51. The number of hydrogen-bond acceptors (Lipinski definition) is 3. The van der Waals surface area contributed by atoms with Gasteiger partial charge in [0.15, 0.2) is 0 Å². The predicted molar refractivity (Wildman–Crippen MR) is 52.3 cm³/mol. The van der Waals surface area contributed by atoms with Crippen molar-refractivity contribution in [3.8, 4) is 0 Å². The fourth-order valence-corrected chi connectivity index (χ4v) is 0.843. The second kappa shape index (κ2) is 4.95. The summed E-state index contributed by atoms with van der Waals surface area (Å²) >= 11 is 0. The van der Waals surface area contributed by atoms with Gasteiger partial charge in [-0.05, 0) is 11.8 Å². The number of carbonyl (C=O) groups is 2. The molecule has 0 rings (SSSR count). The average Bonchev–Trinajstić information content (AvgIpc) is 2.01. The van der Waals surface area contributed by atoms with E-state index in [0.717, 1.165) is 0 Å². The van der Waals surface area contributed by atoms with Crippen molar-refractivity contribution in [2.75, 3.05) is 6.54 Å². The van der Waals surface area contributed by atoms with Crippen LogP contribution >= 0.6 is 0 Å². The van der Waals surface area contributed by atoms with Crippen LogP contribution in [0.1, 0.15) is 27.2 Å². The fourth-order valence-electron chi connectivity index (χ4n) is 0.843. The van der Waals surface area contributed by atoms with Gasteiger partial charge in [-0.2, -0.15) is 0 Å². The molecule has 2 amide bonds. The molecule has 1 unspecified atom stereocenters. The number of aliphatic hydroxyl groups excluding tert-OH is 1. The minimum Gasteiger partial charge on any atom is -0.393 e. The quantitative estimate of drug-likeness (QED) is 0.533. The summed E-state index contributed by atoms with van der Waals surface area (Å²) in [4.78, 5) is 21.0. The van der Waals surface area contributed by atoms with Crippen molar-refractivity contribution in [2.45, 2.75) is 33.3 Å². The number of primary amides is 1. The van der Waals surface area contributed by atoms with Crippen LogP contribution in [0.2, 0.25) is 0 Å². The van der Waals surface area contributed by atoms with Crippen molar-refractivity contribution in [2.24, 2.45) is 11.1 Å². The van der Waals surface area contributed by atoms with Crippen LogP contribution in [-0.4, -0.2) is 29.6 Å². The first-order valence-electron chi connectivity index (χ1n) is 4.51. The average molecular weight is 202 g/mol. The van der Waals surface area contributed by atoms with Gasteiger partial charge in [-0.1, -0.05) is 20.8 Å². The van der Waals surface area contributed by atoms with E-state index in [2.05, 4.69) is 5.32 Å². The molecule has 82 valence electrons. The van der Waals surface area contributed by atoms with E-state index in [1.54, 1.807) is 0 Å². The van der Waals surface area contributed by atoms with Crippen molar-refractivity contribution < 1.29 is 14.7 Å². The van der Waals surface area contributed by atoms with Gasteiger partial charge in [0, 0.05) is 6.54 Å². The van der Waals surface area contributed by atoms with Gasteiger partial charge >= 0.3 is 11.8 Å². The van der Waals surface area contributed by atoms with Crippen molar-refractivity contribution in [3.05, 3.63) is 0 Å². The summed E-state index contributed by atoms with van der Waals surface area (Å²) < 4.78 is 0. The van der Waals surface area contributed by atoms with Crippen LogP contribution < -0.4 is 11.1 Å². The second-order valence-electron chi connectivity index (χ2n) is 4.29. The van der Waals surface area contributed by atoms with E-state index in [9.17, 15) is 14.7 Å². The lowest BCUT2D eigenvalue weighted by Gasteiger charge is -2.25. The van der Waals surface area contributed by atoms with E-state index < -0.39 is 17.9 Å². The van der Waals surface area contributed by atoms with Crippen LogP contribution in [0, 0.1) is 5.41 Å². The maximum Gasteiger partial charge on any atom is 0.309 e. The summed E-state index contributed by atoms with van der Waals surface area (Å²) in [6.45, 7) is 5.94. The molecule has 0 saturated heterocycles. The lowest BCUT2D eigenvalue weighted by Crippen LogP contribution is -2.38. The van der Waals surface area contributed by atoms with Crippen LogP contribution in [0.3, 0.4) is 0 Å². The summed E-state index contributed by atoms with van der Waals surface area (Å²) in [5, 5.41) is 11.9. The third-order valence-electron chi connectivity index (χ3n) is 1.93. The first kappa shape index (κ1) is 12.9. The van der Waals surface area contributed by atoms with Crippen LogP contribution in [0.15, 0.2) is 0 Å². The van der Waals surface area contributed by atoms with Gasteiger partial charge in [-0.25, -0.2) is 0 Å². The first-order chi connectivity index (χ1) is 6.25. The monoisotopic (exact) mass is 202 g/mol. The maximum absolute atomic E-state index is 10.7. The van der Waals surface area contributed by atoms with E-state index in [0.29, 0.717) is 6.42 Å². The largest absolute Gasteiger partial charge is 0.393 e. The zero-order chi connectivity index (χ0) is 11.4. The van der Waals surface area contributed by atoms with Crippen LogP contribution in [0.25, 0.3) is 0 Å². The van der Waals surface area contributed by atoms with E-state index >= 15 is 0 Å². The Labute approximate surface area is 83.7 Å². The molecule has 0 spiro atoms. The Morgan fingerprint density at radius 1 is 1.43 bits per heavy atom. The zero-order valence-electron chi connectivity index (χ0n) is 8.83. The van der Waals surface area contributed by atoms with E-state index in [-0.39, 0.29) is 12.0 Å². The van der Waals surface area contributed by atoms with E-state index in [1.165, 1.54) is 0 Å². The van der Waals surface area contributed by atoms with Crippen molar-refractivity contribution in [1.29, 1.82) is 0 Å². The predicted octanol–water partition coefficient (Wildman–Crippen LogP) is -0.615. The number of carbonyl (C=O) groups excluding carboxylic acids is 2. The third kappa shape index (κ3) is 4.81. The van der Waals surface area contributed by atoms with Crippen molar-refractivity contribution in [1.82, 2.24) is 5.32 Å². The standard InChI is InChI=1S/C9H18N2O3/c1-9(2,3)6(12)4-5-11-8(14)7(10)13/h6,12H,4-5H2,1-3H3,(H2,10,13)(H,11,14). The lowest BCUT2D eigenvalue weighted by atomic mass is 9.87. The number of nitrogens with one attached hydrogen (secondary N) is 1. The summed E-state index contributed by atoms with van der Waals surface area (Å²) in [6, 6.07) is 0. The molecular formula is C9H18N2O3. The molecule has 1 atom stereocenters. The highest BCUT2D eigenvalue weighted by Gasteiger charge is 2.21. The fraction of sp³-hybridized carbons (Fsp3) is 0.778. The number of aliphatic hydroxyl groups is 1. The Balaban J connectivity index is 3.76. The number of hydrogen-bond donors (Lipinski definition) is 3. The zero-order valence-corrected chi connectivity index (χ0v) is 8.83. The van der Waals surface area contributed by atoms with E-state index in [1.807, 2.05) is 20.8 Å². The van der Waals surface area contributed by atoms with Crippen LogP contribution in [0.5, 0.6) is 0 Å². The molecular weight excluding hydrogens is 184 g/mol. The molecule has 0 aromatic carbocycles. The summed E-state index contributed by atoms with van der Waals surface area (Å²) in [5.41, 5.74) is 4.50. The molecule has 14 heavy (non-hydrogen) atoms. The molecule has 0 bridgehead atoms. The SMILES string of the molecule is CC(C)(C)C(O)CCNC(=O)C(N)=O. The Morgan fingerprint density at radius 2 is 1.93 bits per heavy atom. The van der Waals surface area contributed by atoms with Crippen molar-refractivity contribution >= 4 is 11.8 Å². The Hall–Kier alpha value is -1.10. The maximum atomic E-state index is 10.7. The number of nitrogens with two attached hydrogens (primary N) is 1. The van der Waals surface area contributed by atoms with Gasteiger partial charge in [-0.15, -0.1) is 0 Å². The molecule has 0 fully saturated rings. The minimum atomic E-state index is -1.00. The molecule has 0 saturated carbocycles. The molecule has 0 radical (unpaired) electrons. The van der Waals surface area contributed by atoms with Gasteiger partial charge in [0.05, 0.1) is 6.10 Å². The molecule has 0 aliphatic rings. The Morgan fingerprint density at radius 3 is 2.29 bits per heavy atom. The summed E-state index contributed by atoms with van der Waals surface area (Å²) in [7, 11) is 0. The molecule has 0 aliphatic carbocycles. The normalized spacial score (nSPS) is 13.4. The molecule has 0 aliphatic heterocycles. The Bertz CT molecular complexity index is 221. The van der Waals surface area contributed by atoms with E-state index in [4.69, 9.17) is 5.73 Å². The molecule has 0 aromatic heterocycles. The van der Waals surface area contributed by atoms with Gasteiger partial charge in [0.2, 0.25) is 0 Å².